The average Bonchev–Trinajstić information content (AvgIpc) is 2.76. The number of carbonyl (C=O) groups excluding carboxylic acids is 2. The Morgan fingerprint density at radius 3 is 1.14 bits per heavy atom. The number of ether oxygens (including phenoxy) is 2. The minimum Gasteiger partial charge on any atom is -0.497 e. The molecule has 3 aromatic rings. The molecule has 0 aliphatic carbocycles. The van der Waals surface area contributed by atoms with Gasteiger partial charge in [0.15, 0.2) is 0 Å². The maximum Gasteiger partial charge on any atom is 0.150 e. The van der Waals surface area contributed by atoms with Crippen molar-refractivity contribution in [3.05, 3.63) is 95.1 Å². The molecule has 3 rings (SSSR count). The molecule has 0 unspecified atom stereocenters. The Labute approximate surface area is 166 Å². The molecule has 0 radical (unpaired) electrons. The van der Waals surface area contributed by atoms with Crippen LogP contribution < -0.4 is 9.47 Å². The standard InChI is InChI=1S/C8H8O2.C8H10O.C8H8O/c1-10-8-4-2-7(6-9)3-5-8;1-7-3-5-8(9-2)6-4-7;1-7-2-4-8(6-9)5-3-7/h2-6H,1H3;3-6H,1-2H3;2-6H,1H3. The first-order valence-corrected chi connectivity index (χ1v) is 8.74. The lowest BCUT2D eigenvalue weighted by Crippen LogP contribution is -1.82. The summed E-state index contributed by atoms with van der Waals surface area (Å²) in [5, 5.41) is 0. The summed E-state index contributed by atoms with van der Waals surface area (Å²) < 4.78 is 9.87. The SMILES string of the molecule is COc1ccc(C)cc1.COc1ccc(C=O)cc1.Cc1ccc(C=O)cc1. The second-order valence-electron chi connectivity index (χ2n) is 5.94. The molecule has 0 aliphatic rings. The highest BCUT2D eigenvalue weighted by Gasteiger charge is 1.89. The Balaban J connectivity index is 0.000000210. The lowest BCUT2D eigenvalue weighted by Gasteiger charge is -1.97. The fraction of sp³-hybridized carbons (Fsp3) is 0.167. The van der Waals surface area contributed by atoms with E-state index in [9.17, 15) is 9.59 Å². The molecule has 0 saturated heterocycles. The molecule has 28 heavy (non-hydrogen) atoms. The number of hydrogen-bond acceptors (Lipinski definition) is 4. The van der Waals surface area contributed by atoms with E-state index < -0.39 is 0 Å². The smallest absolute Gasteiger partial charge is 0.150 e. The van der Waals surface area contributed by atoms with Crippen LogP contribution in [0.15, 0.2) is 72.8 Å². The van der Waals surface area contributed by atoms with Gasteiger partial charge in [-0.25, -0.2) is 0 Å². The van der Waals surface area contributed by atoms with Gasteiger partial charge < -0.3 is 9.47 Å². The van der Waals surface area contributed by atoms with E-state index in [4.69, 9.17) is 9.47 Å². The zero-order chi connectivity index (χ0) is 20.8. The molecular formula is C24H26O4. The van der Waals surface area contributed by atoms with Crippen LogP contribution in [0.1, 0.15) is 31.8 Å². The number of benzene rings is 3. The minimum atomic E-state index is 0.667. The van der Waals surface area contributed by atoms with E-state index in [1.165, 1.54) is 11.1 Å². The molecule has 3 aromatic carbocycles. The fourth-order valence-corrected chi connectivity index (χ4v) is 2.00. The summed E-state index contributed by atoms with van der Waals surface area (Å²) in [5.41, 5.74) is 3.85. The van der Waals surface area contributed by atoms with Crippen molar-refractivity contribution >= 4 is 12.6 Å². The molecule has 0 N–H and O–H groups in total. The van der Waals surface area contributed by atoms with Crippen molar-refractivity contribution in [2.24, 2.45) is 0 Å². The maximum atomic E-state index is 10.2. The average molecular weight is 378 g/mol. The number of aryl methyl sites for hydroxylation is 2. The van der Waals surface area contributed by atoms with Crippen molar-refractivity contribution in [2.75, 3.05) is 14.2 Å². The molecule has 0 amide bonds. The lowest BCUT2D eigenvalue weighted by atomic mass is 10.2. The molecule has 0 spiro atoms. The van der Waals surface area contributed by atoms with E-state index in [0.717, 1.165) is 29.6 Å². The van der Waals surface area contributed by atoms with Gasteiger partial charge in [0.1, 0.15) is 24.1 Å². The zero-order valence-corrected chi connectivity index (χ0v) is 16.7. The highest BCUT2D eigenvalue weighted by molar-refractivity contribution is 5.75. The summed E-state index contributed by atoms with van der Waals surface area (Å²) >= 11 is 0. The van der Waals surface area contributed by atoms with Crippen LogP contribution in [0.25, 0.3) is 0 Å². The number of hydrogen-bond donors (Lipinski definition) is 0. The summed E-state index contributed by atoms with van der Waals surface area (Å²) in [5.74, 6) is 1.69. The Bertz CT molecular complexity index is 820. The first-order chi connectivity index (χ1) is 13.5. The molecule has 0 heterocycles. The summed E-state index contributed by atoms with van der Waals surface area (Å²) in [6.45, 7) is 4.05. The van der Waals surface area contributed by atoms with Crippen molar-refractivity contribution in [2.45, 2.75) is 13.8 Å². The Kier molecular flexibility index (Phi) is 10.4. The van der Waals surface area contributed by atoms with Crippen LogP contribution in [0, 0.1) is 13.8 Å². The van der Waals surface area contributed by atoms with Gasteiger partial charge in [-0.1, -0.05) is 47.5 Å². The van der Waals surface area contributed by atoms with Crippen molar-refractivity contribution in [1.82, 2.24) is 0 Å². The summed E-state index contributed by atoms with van der Waals surface area (Å²) in [6.07, 6.45) is 1.65. The molecule has 0 fully saturated rings. The van der Waals surface area contributed by atoms with Gasteiger partial charge in [-0.15, -0.1) is 0 Å². The second-order valence-corrected chi connectivity index (χ2v) is 5.94. The summed E-state index contributed by atoms with van der Waals surface area (Å²) in [7, 11) is 3.26. The second kappa shape index (κ2) is 12.9. The van der Waals surface area contributed by atoms with Crippen LogP contribution in [0.2, 0.25) is 0 Å². The third-order valence-corrected chi connectivity index (χ3v) is 3.72. The third-order valence-electron chi connectivity index (χ3n) is 3.72. The highest BCUT2D eigenvalue weighted by Crippen LogP contribution is 2.10. The van der Waals surface area contributed by atoms with E-state index in [-0.39, 0.29) is 0 Å². The predicted octanol–water partition coefficient (Wildman–Crippen LogP) is 5.32. The van der Waals surface area contributed by atoms with Gasteiger partial charge in [0.05, 0.1) is 14.2 Å². The molecule has 0 saturated carbocycles. The monoisotopic (exact) mass is 378 g/mol. The maximum absolute atomic E-state index is 10.2. The van der Waals surface area contributed by atoms with E-state index in [0.29, 0.717) is 5.56 Å². The molecule has 4 heteroatoms. The first kappa shape index (κ1) is 22.6. The van der Waals surface area contributed by atoms with Gasteiger partial charge in [-0.05, 0) is 50.2 Å². The molecule has 146 valence electrons. The number of methoxy groups -OCH3 is 2. The highest BCUT2D eigenvalue weighted by atomic mass is 16.5. The van der Waals surface area contributed by atoms with Gasteiger partial charge in [0, 0.05) is 11.1 Å². The van der Waals surface area contributed by atoms with Crippen molar-refractivity contribution in [1.29, 1.82) is 0 Å². The van der Waals surface area contributed by atoms with Crippen LogP contribution in [0.4, 0.5) is 0 Å². The predicted molar refractivity (Wildman–Crippen MR) is 113 cm³/mol. The van der Waals surface area contributed by atoms with Gasteiger partial charge >= 0.3 is 0 Å². The fourth-order valence-electron chi connectivity index (χ4n) is 2.00. The van der Waals surface area contributed by atoms with Crippen LogP contribution in [-0.2, 0) is 0 Å². The molecule has 0 aromatic heterocycles. The first-order valence-electron chi connectivity index (χ1n) is 8.74. The Morgan fingerprint density at radius 2 is 0.821 bits per heavy atom. The molecule has 4 nitrogen and oxygen atoms in total. The minimum absolute atomic E-state index is 0.667. The van der Waals surface area contributed by atoms with Crippen LogP contribution >= 0.6 is 0 Å². The number of carbonyl (C=O) groups is 2. The van der Waals surface area contributed by atoms with Gasteiger partial charge in [0.2, 0.25) is 0 Å². The summed E-state index contributed by atoms with van der Waals surface area (Å²) in [4.78, 5) is 20.3. The van der Waals surface area contributed by atoms with Gasteiger partial charge in [0.25, 0.3) is 0 Å². The zero-order valence-electron chi connectivity index (χ0n) is 16.7. The molecule has 0 aliphatic heterocycles. The summed E-state index contributed by atoms with van der Waals surface area (Å²) in [6, 6.07) is 22.4. The van der Waals surface area contributed by atoms with Crippen LogP contribution in [0.5, 0.6) is 11.5 Å². The largest absolute Gasteiger partial charge is 0.497 e. The van der Waals surface area contributed by atoms with E-state index >= 15 is 0 Å². The van der Waals surface area contributed by atoms with Crippen LogP contribution in [0.3, 0.4) is 0 Å². The molecule has 0 atom stereocenters. The molecule has 0 bridgehead atoms. The quantitative estimate of drug-likeness (QED) is 0.577. The van der Waals surface area contributed by atoms with Crippen molar-refractivity contribution in [3.8, 4) is 11.5 Å². The van der Waals surface area contributed by atoms with Crippen molar-refractivity contribution < 1.29 is 19.1 Å². The normalized spacial score (nSPS) is 9.00. The van der Waals surface area contributed by atoms with E-state index in [1.54, 1.807) is 38.5 Å². The van der Waals surface area contributed by atoms with E-state index in [2.05, 4.69) is 6.92 Å². The third kappa shape index (κ3) is 8.81. The lowest BCUT2D eigenvalue weighted by molar-refractivity contribution is 0.111. The van der Waals surface area contributed by atoms with Gasteiger partial charge in [-0.2, -0.15) is 0 Å². The number of rotatable bonds is 4. The topological polar surface area (TPSA) is 52.6 Å². The molecular weight excluding hydrogens is 352 g/mol. The van der Waals surface area contributed by atoms with E-state index in [1.807, 2.05) is 55.5 Å². The number of aldehydes is 2. The van der Waals surface area contributed by atoms with Gasteiger partial charge in [-0.3, -0.25) is 9.59 Å². The Hall–Kier alpha value is -3.40. The van der Waals surface area contributed by atoms with Crippen molar-refractivity contribution in [3.63, 3.8) is 0 Å². The Morgan fingerprint density at radius 1 is 0.536 bits per heavy atom. The van der Waals surface area contributed by atoms with Crippen LogP contribution in [-0.4, -0.2) is 26.8 Å².